The van der Waals surface area contributed by atoms with Crippen molar-refractivity contribution in [2.75, 3.05) is 19.6 Å². The fourth-order valence-corrected chi connectivity index (χ4v) is 1.81. The van der Waals surface area contributed by atoms with Crippen molar-refractivity contribution in [3.8, 4) is 0 Å². The lowest BCUT2D eigenvalue weighted by Crippen LogP contribution is -2.29. The van der Waals surface area contributed by atoms with Crippen LogP contribution in [0.15, 0.2) is 22.8 Å². The Morgan fingerprint density at radius 2 is 2.14 bits per heavy atom. The van der Waals surface area contributed by atoms with Gasteiger partial charge in [0.1, 0.15) is 5.76 Å². The first-order valence-electron chi connectivity index (χ1n) is 5.31. The van der Waals surface area contributed by atoms with Gasteiger partial charge in [-0.05, 0) is 38.2 Å². The molecule has 2 N–H and O–H groups in total. The minimum absolute atomic E-state index is 0.338. The molecule has 0 bridgehead atoms. The standard InChI is InChI=1S/C11H20N2O/c1-3-13(4-2)10(7-8-12)11-6-5-9-14-11/h5-6,9-10H,3-4,7-8,12H2,1-2H3. The molecule has 0 saturated heterocycles. The second kappa shape index (κ2) is 5.83. The summed E-state index contributed by atoms with van der Waals surface area (Å²) in [6, 6.07) is 4.30. The van der Waals surface area contributed by atoms with Crippen LogP contribution in [0.1, 0.15) is 32.1 Å². The zero-order valence-electron chi connectivity index (χ0n) is 9.07. The first-order valence-corrected chi connectivity index (χ1v) is 5.31. The highest BCUT2D eigenvalue weighted by atomic mass is 16.3. The van der Waals surface area contributed by atoms with Gasteiger partial charge < -0.3 is 10.2 Å². The monoisotopic (exact) mass is 196 g/mol. The van der Waals surface area contributed by atoms with Crippen molar-refractivity contribution in [2.45, 2.75) is 26.3 Å². The Morgan fingerprint density at radius 3 is 2.57 bits per heavy atom. The second-order valence-corrected chi connectivity index (χ2v) is 3.33. The van der Waals surface area contributed by atoms with Crippen molar-refractivity contribution in [1.82, 2.24) is 4.90 Å². The van der Waals surface area contributed by atoms with Crippen LogP contribution < -0.4 is 5.73 Å². The summed E-state index contributed by atoms with van der Waals surface area (Å²) in [5.74, 6) is 1.03. The molecule has 0 aliphatic carbocycles. The lowest BCUT2D eigenvalue weighted by atomic mass is 10.1. The number of hydrogen-bond donors (Lipinski definition) is 1. The molecule has 1 aromatic heterocycles. The highest BCUT2D eigenvalue weighted by Crippen LogP contribution is 2.23. The Bertz CT molecular complexity index is 229. The van der Waals surface area contributed by atoms with Crippen LogP contribution in [0.25, 0.3) is 0 Å². The first kappa shape index (κ1) is 11.3. The van der Waals surface area contributed by atoms with E-state index in [9.17, 15) is 0 Å². The summed E-state index contributed by atoms with van der Waals surface area (Å²) in [5, 5.41) is 0. The summed E-state index contributed by atoms with van der Waals surface area (Å²) in [6.45, 7) is 7.08. The van der Waals surface area contributed by atoms with E-state index >= 15 is 0 Å². The number of nitrogens with zero attached hydrogens (tertiary/aromatic N) is 1. The molecule has 80 valence electrons. The molecule has 0 radical (unpaired) electrons. The number of furan rings is 1. The van der Waals surface area contributed by atoms with E-state index in [0.29, 0.717) is 12.6 Å². The molecule has 3 heteroatoms. The molecular formula is C11H20N2O. The molecule has 1 aromatic rings. The van der Waals surface area contributed by atoms with Crippen LogP contribution in [-0.4, -0.2) is 24.5 Å². The summed E-state index contributed by atoms with van der Waals surface area (Å²) in [4.78, 5) is 2.37. The number of rotatable bonds is 6. The smallest absolute Gasteiger partial charge is 0.120 e. The third kappa shape index (κ3) is 2.59. The van der Waals surface area contributed by atoms with Crippen LogP contribution in [0.4, 0.5) is 0 Å². The predicted molar refractivity (Wildman–Crippen MR) is 58.0 cm³/mol. The molecule has 0 aliphatic heterocycles. The largest absolute Gasteiger partial charge is 0.468 e. The Morgan fingerprint density at radius 1 is 1.43 bits per heavy atom. The van der Waals surface area contributed by atoms with Gasteiger partial charge >= 0.3 is 0 Å². The molecule has 0 saturated carbocycles. The average molecular weight is 196 g/mol. The third-order valence-corrected chi connectivity index (χ3v) is 2.56. The van der Waals surface area contributed by atoms with E-state index in [-0.39, 0.29) is 0 Å². The maximum atomic E-state index is 5.61. The van der Waals surface area contributed by atoms with Crippen LogP contribution in [0.2, 0.25) is 0 Å². The first-order chi connectivity index (χ1) is 6.83. The van der Waals surface area contributed by atoms with Crippen molar-refractivity contribution >= 4 is 0 Å². The fourth-order valence-electron chi connectivity index (χ4n) is 1.81. The molecule has 0 spiro atoms. The van der Waals surface area contributed by atoms with Crippen molar-refractivity contribution in [3.05, 3.63) is 24.2 Å². The van der Waals surface area contributed by atoms with Gasteiger partial charge in [-0.3, -0.25) is 4.90 Å². The van der Waals surface area contributed by atoms with Crippen LogP contribution in [0, 0.1) is 0 Å². The average Bonchev–Trinajstić information content (AvgIpc) is 2.71. The predicted octanol–water partition coefficient (Wildman–Crippen LogP) is 2.01. The lowest BCUT2D eigenvalue weighted by Gasteiger charge is -2.27. The normalized spacial score (nSPS) is 13.4. The molecule has 3 nitrogen and oxygen atoms in total. The van der Waals surface area contributed by atoms with Gasteiger partial charge in [-0.1, -0.05) is 13.8 Å². The Labute approximate surface area is 85.9 Å². The van der Waals surface area contributed by atoms with Gasteiger partial charge in [0.2, 0.25) is 0 Å². The van der Waals surface area contributed by atoms with E-state index < -0.39 is 0 Å². The quantitative estimate of drug-likeness (QED) is 0.756. The van der Waals surface area contributed by atoms with Gasteiger partial charge in [-0.15, -0.1) is 0 Å². The maximum absolute atomic E-state index is 5.61. The highest BCUT2D eigenvalue weighted by molar-refractivity contribution is 5.04. The minimum Gasteiger partial charge on any atom is -0.468 e. The number of nitrogens with two attached hydrogens (primary N) is 1. The zero-order valence-corrected chi connectivity index (χ0v) is 9.07. The van der Waals surface area contributed by atoms with E-state index in [0.717, 1.165) is 25.3 Å². The van der Waals surface area contributed by atoms with Gasteiger partial charge in [-0.25, -0.2) is 0 Å². The lowest BCUT2D eigenvalue weighted by molar-refractivity contribution is 0.185. The van der Waals surface area contributed by atoms with E-state index in [1.54, 1.807) is 6.26 Å². The van der Waals surface area contributed by atoms with Crippen molar-refractivity contribution in [1.29, 1.82) is 0 Å². The Balaban J connectivity index is 2.72. The third-order valence-electron chi connectivity index (χ3n) is 2.56. The van der Waals surface area contributed by atoms with Gasteiger partial charge in [0.25, 0.3) is 0 Å². The zero-order chi connectivity index (χ0) is 10.4. The van der Waals surface area contributed by atoms with E-state index in [1.807, 2.05) is 12.1 Å². The van der Waals surface area contributed by atoms with Crippen LogP contribution in [-0.2, 0) is 0 Å². The van der Waals surface area contributed by atoms with Crippen LogP contribution in [0.3, 0.4) is 0 Å². The molecule has 1 rings (SSSR count). The second-order valence-electron chi connectivity index (χ2n) is 3.33. The molecule has 0 aliphatic rings. The minimum atomic E-state index is 0.338. The molecule has 14 heavy (non-hydrogen) atoms. The van der Waals surface area contributed by atoms with Gasteiger partial charge in [0.05, 0.1) is 12.3 Å². The molecule has 1 heterocycles. The molecule has 1 atom stereocenters. The maximum Gasteiger partial charge on any atom is 0.120 e. The molecular weight excluding hydrogens is 176 g/mol. The van der Waals surface area contributed by atoms with E-state index in [2.05, 4.69) is 18.7 Å². The molecule has 1 unspecified atom stereocenters. The van der Waals surface area contributed by atoms with Crippen LogP contribution in [0.5, 0.6) is 0 Å². The fraction of sp³-hybridized carbons (Fsp3) is 0.636. The molecule has 0 aromatic carbocycles. The van der Waals surface area contributed by atoms with Gasteiger partial charge in [0, 0.05) is 0 Å². The summed E-state index contributed by atoms with van der Waals surface area (Å²) < 4.78 is 5.44. The summed E-state index contributed by atoms with van der Waals surface area (Å²) in [7, 11) is 0. The van der Waals surface area contributed by atoms with E-state index in [1.165, 1.54) is 0 Å². The SMILES string of the molecule is CCN(CC)C(CCN)c1ccco1. The Hall–Kier alpha value is -0.800. The summed E-state index contributed by atoms with van der Waals surface area (Å²) >= 11 is 0. The number of hydrogen-bond acceptors (Lipinski definition) is 3. The van der Waals surface area contributed by atoms with Crippen molar-refractivity contribution in [2.24, 2.45) is 5.73 Å². The highest BCUT2D eigenvalue weighted by Gasteiger charge is 2.18. The van der Waals surface area contributed by atoms with Crippen LogP contribution >= 0.6 is 0 Å². The van der Waals surface area contributed by atoms with Gasteiger partial charge in [-0.2, -0.15) is 0 Å². The topological polar surface area (TPSA) is 42.4 Å². The summed E-state index contributed by atoms with van der Waals surface area (Å²) in [6.07, 6.45) is 2.68. The molecule has 0 amide bonds. The van der Waals surface area contributed by atoms with Crippen molar-refractivity contribution in [3.63, 3.8) is 0 Å². The van der Waals surface area contributed by atoms with Crippen molar-refractivity contribution < 1.29 is 4.42 Å². The summed E-state index contributed by atoms with van der Waals surface area (Å²) in [5.41, 5.74) is 5.61. The molecule has 0 fully saturated rings. The van der Waals surface area contributed by atoms with E-state index in [4.69, 9.17) is 10.2 Å². The van der Waals surface area contributed by atoms with Gasteiger partial charge in [0.15, 0.2) is 0 Å². The Kier molecular flexibility index (Phi) is 4.70.